The molecular formula is C24H28N4O3. The molecule has 0 aromatic heterocycles. The predicted octanol–water partition coefficient (Wildman–Crippen LogP) is 2.06. The Balaban J connectivity index is 1.30. The van der Waals surface area contributed by atoms with Crippen LogP contribution in [0.5, 0.6) is 0 Å². The summed E-state index contributed by atoms with van der Waals surface area (Å²) in [5.74, 6) is -0.256. The lowest BCUT2D eigenvalue weighted by Gasteiger charge is -2.37. The van der Waals surface area contributed by atoms with Gasteiger partial charge in [-0.15, -0.1) is 0 Å². The maximum atomic E-state index is 12.0. The number of nitriles is 1. The van der Waals surface area contributed by atoms with E-state index in [-0.39, 0.29) is 18.7 Å². The quantitative estimate of drug-likeness (QED) is 0.696. The van der Waals surface area contributed by atoms with Gasteiger partial charge < -0.3 is 20.1 Å². The van der Waals surface area contributed by atoms with Crippen molar-refractivity contribution in [2.24, 2.45) is 0 Å². The lowest BCUT2D eigenvalue weighted by molar-refractivity contribution is 0.0288. The molecule has 1 saturated heterocycles. The summed E-state index contributed by atoms with van der Waals surface area (Å²) in [5.41, 5.74) is 4.77. The molecule has 2 heterocycles. The van der Waals surface area contributed by atoms with Crippen LogP contribution in [-0.4, -0.2) is 62.0 Å². The molecule has 7 nitrogen and oxygen atoms in total. The highest BCUT2D eigenvalue weighted by atomic mass is 16.5. The number of benzene rings is 2. The zero-order chi connectivity index (χ0) is 21.6. The average molecular weight is 421 g/mol. The molecule has 1 atom stereocenters. The number of carbonyl (C=O) groups excluding carboxylic acids is 1. The van der Waals surface area contributed by atoms with Crippen molar-refractivity contribution in [1.82, 2.24) is 10.2 Å². The number of fused-ring (bicyclic) bond motifs is 1. The molecule has 2 aromatic carbocycles. The lowest BCUT2D eigenvalue weighted by Crippen LogP contribution is -2.46. The first-order valence-electron chi connectivity index (χ1n) is 10.8. The molecule has 0 saturated carbocycles. The summed E-state index contributed by atoms with van der Waals surface area (Å²) in [7, 11) is 0. The number of hydrogen-bond acceptors (Lipinski definition) is 6. The van der Waals surface area contributed by atoms with Gasteiger partial charge in [0.2, 0.25) is 0 Å². The molecule has 2 aliphatic heterocycles. The number of amides is 1. The summed E-state index contributed by atoms with van der Waals surface area (Å²) in [6.45, 7) is 5.21. The number of nitrogens with one attached hydrogen (secondary N) is 1. The van der Waals surface area contributed by atoms with Crippen molar-refractivity contribution in [3.63, 3.8) is 0 Å². The smallest absolute Gasteiger partial charge is 0.253 e. The van der Waals surface area contributed by atoms with Gasteiger partial charge in [-0.1, -0.05) is 6.07 Å². The Labute approximate surface area is 182 Å². The van der Waals surface area contributed by atoms with E-state index in [2.05, 4.69) is 21.2 Å². The van der Waals surface area contributed by atoms with Crippen LogP contribution < -0.4 is 10.2 Å². The Morgan fingerprint density at radius 3 is 2.65 bits per heavy atom. The van der Waals surface area contributed by atoms with Gasteiger partial charge in [-0.2, -0.15) is 5.26 Å². The SMILES string of the molecule is N#Cc1ccc(N2CCN(CCC3OCCc4cc(C(=O)NCO)ccc43)CC2)cc1. The highest BCUT2D eigenvalue weighted by Gasteiger charge is 2.24. The normalized spacial score (nSPS) is 18.8. The van der Waals surface area contributed by atoms with E-state index in [4.69, 9.17) is 15.1 Å². The van der Waals surface area contributed by atoms with Crippen LogP contribution in [0.25, 0.3) is 0 Å². The highest BCUT2D eigenvalue weighted by molar-refractivity contribution is 5.94. The van der Waals surface area contributed by atoms with Crippen molar-refractivity contribution in [2.75, 3.05) is 51.0 Å². The fraction of sp³-hybridized carbons (Fsp3) is 0.417. The van der Waals surface area contributed by atoms with E-state index < -0.39 is 0 Å². The monoisotopic (exact) mass is 420 g/mol. The molecule has 2 aromatic rings. The van der Waals surface area contributed by atoms with Gasteiger partial charge in [0.25, 0.3) is 5.91 Å². The predicted molar refractivity (Wildman–Crippen MR) is 118 cm³/mol. The van der Waals surface area contributed by atoms with Gasteiger partial charge in [0.05, 0.1) is 24.3 Å². The Hall–Kier alpha value is -2.92. The number of hydrogen-bond donors (Lipinski definition) is 2. The number of nitrogens with zero attached hydrogens (tertiary/aromatic N) is 3. The van der Waals surface area contributed by atoms with Crippen LogP contribution in [0.3, 0.4) is 0 Å². The first-order valence-corrected chi connectivity index (χ1v) is 10.8. The van der Waals surface area contributed by atoms with E-state index in [0.717, 1.165) is 51.1 Å². The molecule has 0 radical (unpaired) electrons. The van der Waals surface area contributed by atoms with E-state index in [0.29, 0.717) is 17.7 Å². The minimum atomic E-state index is -0.361. The third kappa shape index (κ3) is 5.05. The van der Waals surface area contributed by atoms with E-state index in [1.54, 1.807) is 0 Å². The first kappa shape index (κ1) is 21.3. The van der Waals surface area contributed by atoms with Crippen molar-refractivity contribution in [3.05, 3.63) is 64.7 Å². The van der Waals surface area contributed by atoms with Crippen LogP contribution in [0, 0.1) is 11.3 Å². The largest absolute Gasteiger partial charge is 0.376 e. The third-order valence-electron chi connectivity index (χ3n) is 6.12. The second-order valence-corrected chi connectivity index (χ2v) is 7.96. The summed E-state index contributed by atoms with van der Waals surface area (Å²) in [4.78, 5) is 16.8. The lowest BCUT2D eigenvalue weighted by atomic mass is 9.93. The van der Waals surface area contributed by atoms with Crippen molar-refractivity contribution in [2.45, 2.75) is 18.9 Å². The zero-order valence-corrected chi connectivity index (χ0v) is 17.6. The molecule has 1 fully saturated rings. The molecule has 1 amide bonds. The summed E-state index contributed by atoms with van der Waals surface area (Å²) >= 11 is 0. The maximum absolute atomic E-state index is 12.0. The van der Waals surface area contributed by atoms with E-state index >= 15 is 0 Å². The summed E-state index contributed by atoms with van der Waals surface area (Å²) in [6, 6.07) is 15.7. The van der Waals surface area contributed by atoms with Crippen LogP contribution in [-0.2, 0) is 11.2 Å². The number of rotatable bonds is 6. The van der Waals surface area contributed by atoms with Gasteiger partial charge in [-0.3, -0.25) is 9.69 Å². The van der Waals surface area contributed by atoms with E-state index in [9.17, 15) is 4.79 Å². The number of aliphatic hydroxyl groups excluding tert-OH is 1. The minimum Gasteiger partial charge on any atom is -0.376 e. The minimum absolute atomic E-state index is 0.0512. The molecule has 31 heavy (non-hydrogen) atoms. The Morgan fingerprint density at radius 1 is 1.16 bits per heavy atom. The van der Waals surface area contributed by atoms with Gasteiger partial charge in [0.1, 0.15) is 6.73 Å². The summed E-state index contributed by atoms with van der Waals surface area (Å²) in [5, 5.41) is 20.3. The van der Waals surface area contributed by atoms with Crippen LogP contribution in [0.15, 0.2) is 42.5 Å². The molecule has 1 unspecified atom stereocenters. The topological polar surface area (TPSA) is 88.8 Å². The molecular weight excluding hydrogens is 392 g/mol. The number of piperazine rings is 1. The summed E-state index contributed by atoms with van der Waals surface area (Å²) < 4.78 is 6.05. The van der Waals surface area contributed by atoms with Crippen molar-refractivity contribution in [3.8, 4) is 6.07 Å². The number of anilines is 1. The second-order valence-electron chi connectivity index (χ2n) is 7.96. The Bertz CT molecular complexity index is 946. The Morgan fingerprint density at radius 2 is 1.94 bits per heavy atom. The van der Waals surface area contributed by atoms with Crippen molar-refractivity contribution >= 4 is 11.6 Å². The van der Waals surface area contributed by atoms with Crippen LogP contribution in [0.1, 0.15) is 39.6 Å². The fourth-order valence-corrected chi connectivity index (χ4v) is 4.37. The Kier molecular flexibility index (Phi) is 6.82. The van der Waals surface area contributed by atoms with Gasteiger partial charge in [-0.25, -0.2) is 0 Å². The van der Waals surface area contributed by atoms with E-state index in [1.165, 1.54) is 11.3 Å². The zero-order valence-electron chi connectivity index (χ0n) is 17.6. The standard InChI is InChI=1S/C24H28N4O3/c25-16-18-1-4-21(5-2-18)28-12-10-27(11-13-28)9-7-23-22-6-3-20(24(30)26-17-29)15-19(22)8-14-31-23/h1-6,15,23,29H,7-14,17H2,(H,26,30). The number of aliphatic hydroxyl groups is 1. The average Bonchev–Trinajstić information content (AvgIpc) is 2.83. The van der Waals surface area contributed by atoms with Crippen LogP contribution in [0.2, 0.25) is 0 Å². The molecule has 2 N–H and O–H groups in total. The molecule has 7 heteroatoms. The third-order valence-corrected chi connectivity index (χ3v) is 6.12. The van der Waals surface area contributed by atoms with Crippen molar-refractivity contribution in [1.29, 1.82) is 5.26 Å². The van der Waals surface area contributed by atoms with Crippen molar-refractivity contribution < 1.29 is 14.6 Å². The molecule has 2 aliphatic rings. The molecule has 0 aliphatic carbocycles. The van der Waals surface area contributed by atoms with Gasteiger partial charge in [0, 0.05) is 44.0 Å². The molecule has 0 spiro atoms. The van der Waals surface area contributed by atoms with Crippen LogP contribution in [0.4, 0.5) is 5.69 Å². The molecule has 4 rings (SSSR count). The van der Waals surface area contributed by atoms with Crippen LogP contribution >= 0.6 is 0 Å². The van der Waals surface area contributed by atoms with Gasteiger partial charge >= 0.3 is 0 Å². The highest BCUT2D eigenvalue weighted by Crippen LogP contribution is 2.31. The fourth-order valence-electron chi connectivity index (χ4n) is 4.37. The molecule has 162 valence electrons. The second kappa shape index (κ2) is 9.92. The van der Waals surface area contributed by atoms with E-state index in [1.807, 2.05) is 42.5 Å². The molecule has 0 bridgehead atoms. The summed E-state index contributed by atoms with van der Waals surface area (Å²) in [6.07, 6.45) is 1.77. The van der Waals surface area contributed by atoms with Gasteiger partial charge in [0.15, 0.2) is 0 Å². The maximum Gasteiger partial charge on any atom is 0.253 e. The number of carbonyl (C=O) groups is 1. The number of ether oxygens (including phenoxy) is 1. The van der Waals surface area contributed by atoms with Gasteiger partial charge in [-0.05, 0) is 60.4 Å². The first-order chi connectivity index (χ1) is 15.2.